The van der Waals surface area contributed by atoms with E-state index in [1.54, 1.807) is 0 Å². The topological polar surface area (TPSA) is 237 Å². The molecule has 0 fully saturated rings. The molecular weight excluding hydrogens is 1350 g/mol. The lowest BCUT2D eigenvalue weighted by atomic mass is 10.0. The second kappa shape index (κ2) is 78.7. The van der Waals surface area contributed by atoms with Crippen LogP contribution in [0.5, 0.6) is 0 Å². The van der Waals surface area contributed by atoms with E-state index in [1.807, 2.05) is 0 Å². The van der Waals surface area contributed by atoms with Gasteiger partial charge in [-0.1, -0.05) is 386 Å². The minimum absolute atomic E-state index is 0.0858. The van der Waals surface area contributed by atoms with E-state index in [0.717, 1.165) is 103 Å². The SMILES string of the molecule is CCCCCC/C=C\C=C/CCCCCCCC(=O)O[C@H](COC(=O)CCCCCCCCCCCC)COP(=O)(O)OC[C@H](O)COP(=O)(O)OC[C@@H](COC(=O)CCCCCCCCCCCCCCCCCCCC)OC(=O)CCCCCCCCCCCCCCCCCCCCCCC. The average molecular weight is 1520 g/mol. The molecule has 0 aliphatic carbocycles. The quantitative estimate of drug-likeness (QED) is 0.0169. The van der Waals surface area contributed by atoms with Crippen LogP contribution in [0.1, 0.15) is 439 Å². The van der Waals surface area contributed by atoms with Crippen LogP contribution in [0.4, 0.5) is 0 Å². The number of aliphatic hydroxyl groups is 1. The Labute approximate surface area is 637 Å². The van der Waals surface area contributed by atoms with Crippen molar-refractivity contribution in [2.24, 2.45) is 0 Å². The van der Waals surface area contributed by atoms with E-state index < -0.39 is 97.5 Å². The summed E-state index contributed by atoms with van der Waals surface area (Å²) in [4.78, 5) is 73.1. The van der Waals surface area contributed by atoms with E-state index in [2.05, 4.69) is 52.0 Å². The van der Waals surface area contributed by atoms with Gasteiger partial charge in [0.25, 0.3) is 0 Å². The molecule has 0 bridgehead atoms. The number of rotatable bonds is 84. The second-order valence-electron chi connectivity index (χ2n) is 29.9. The van der Waals surface area contributed by atoms with Crippen LogP contribution in [0.2, 0.25) is 0 Å². The van der Waals surface area contributed by atoms with E-state index in [-0.39, 0.29) is 25.7 Å². The lowest BCUT2D eigenvalue weighted by molar-refractivity contribution is -0.161. The highest BCUT2D eigenvalue weighted by Crippen LogP contribution is 2.45. The predicted octanol–water partition coefficient (Wildman–Crippen LogP) is 25.7. The van der Waals surface area contributed by atoms with Gasteiger partial charge in [0.15, 0.2) is 12.2 Å². The number of carbonyl (C=O) groups excluding carboxylic acids is 4. The standard InChI is InChI=1S/C85H162O17P2/c1-5-9-13-17-21-25-29-32-35-37-39-40-41-43-46-49-52-56-60-64-68-72-85(90)102-81(76-96-83(88)70-66-62-58-54-50-47-45-42-38-36-33-30-26-22-18-14-10-6-2)78-100-104(93,94)98-74-79(86)73-97-103(91,92)99-77-80(75-95-82(87)69-65-61-57-53-28-24-20-16-12-8-4)101-84(89)71-67-63-59-55-51-48-44-34-31-27-23-19-15-11-7-3/h27,31,34,44,79-81,86H,5-26,28-30,32-33,35-43,45-78H2,1-4H3,(H,91,92)(H,93,94)/b31-27-,44-34-/t79-,80+,81+/m0/s1. The Morgan fingerprint density at radius 1 is 0.269 bits per heavy atom. The zero-order valence-electron chi connectivity index (χ0n) is 67.5. The first-order valence-corrected chi connectivity index (χ1v) is 46.6. The maximum atomic E-state index is 13.1. The van der Waals surface area contributed by atoms with E-state index in [9.17, 15) is 43.2 Å². The second-order valence-corrected chi connectivity index (χ2v) is 32.8. The lowest BCUT2D eigenvalue weighted by Gasteiger charge is -2.21. The number of carbonyl (C=O) groups is 4. The van der Waals surface area contributed by atoms with Gasteiger partial charge in [0.05, 0.1) is 26.4 Å². The number of esters is 4. The van der Waals surface area contributed by atoms with Gasteiger partial charge in [-0.05, 0) is 51.4 Å². The molecule has 0 aromatic carbocycles. The highest BCUT2D eigenvalue weighted by molar-refractivity contribution is 7.47. The van der Waals surface area contributed by atoms with Crippen LogP contribution in [-0.4, -0.2) is 96.7 Å². The molecule has 0 radical (unpaired) electrons. The summed E-state index contributed by atoms with van der Waals surface area (Å²) in [5.74, 6) is -2.13. The number of allylic oxidation sites excluding steroid dienone is 4. The smallest absolute Gasteiger partial charge is 0.462 e. The lowest BCUT2D eigenvalue weighted by Crippen LogP contribution is -2.30. The fraction of sp³-hybridized carbons (Fsp3) is 0.906. The molecule has 0 amide bonds. The van der Waals surface area contributed by atoms with Gasteiger partial charge in [0, 0.05) is 25.7 Å². The molecule has 614 valence electrons. The average Bonchev–Trinajstić information content (AvgIpc) is 0.916. The summed E-state index contributed by atoms with van der Waals surface area (Å²) >= 11 is 0. The molecule has 2 unspecified atom stereocenters. The maximum Gasteiger partial charge on any atom is 0.472 e. The predicted molar refractivity (Wildman–Crippen MR) is 428 cm³/mol. The van der Waals surface area contributed by atoms with Gasteiger partial charge in [-0.15, -0.1) is 0 Å². The third-order valence-corrected chi connectivity index (χ3v) is 21.4. The fourth-order valence-electron chi connectivity index (χ4n) is 12.8. The molecule has 0 saturated carbocycles. The zero-order chi connectivity index (χ0) is 76.0. The Morgan fingerprint density at radius 2 is 0.462 bits per heavy atom. The third-order valence-electron chi connectivity index (χ3n) is 19.5. The van der Waals surface area contributed by atoms with Crippen molar-refractivity contribution in [1.29, 1.82) is 0 Å². The van der Waals surface area contributed by atoms with Gasteiger partial charge in [-0.3, -0.25) is 37.3 Å². The first kappa shape index (κ1) is 102. The molecule has 0 aliphatic heterocycles. The summed E-state index contributed by atoms with van der Waals surface area (Å²) in [6, 6.07) is 0. The summed E-state index contributed by atoms with van der Waals surface area (Å²) in [5, 5.41) is 10.7. The van der Waals surface area contributed by atoms with Crippen LogP contribution in [0.15, 0.2) is 24.3 Å². The summed E-state index contributed by atoms with van der Waals surface area (Å²) in [5.41, 5.74) is 0. The van der Waals surface area contributed by atoms with E-state index in [4.69, 9.17) is 37.0 Å². The molecule has 0 spiro atoms. The highest BCUT2D eigenvalue weighted by Gasteiger charge is 2.30. The normalized spacial score (nSPS) is 13.9. The van der Waals surface area contributed by atoms with Gasteiger partial charge in [0.2, 0.25) is 0 Å². The van der Waals surface area contributed by atoms with Gasteiger partial charge in [0.1, 0.15) is 19.3 Å². The Kier molecular flexibility index (Phi) is 76.8. The van der Waals surface area contributed by atoms with Crippen LogP contribution in [0.25, 0.3) is 0 Å². The molecule has 19 heteroatoms. The van der Waals surface area contributed by atoms with Gasteiger partial charge < -0.3 is 33.8 Å². The zero-order valence-corrected chi connectivity index (χ0v) is 69.3. The molecule has 0 aromatic rings. The number of phosphoric ester groups is 2. The number of aliphatic hydroxyl groups excluding tert-OH is 1. The minimum atomic E-state index is -4.97. The molecular formula is C85H162O17P2. The fourth-order valence-corrected chi connectivity index (χ4v) is 14.4. The minimum Gasteiger partial charge on any atom is -0.462 e. The van der Waals surface area contributed by atoms with Crippen LogP contribution < -0.4 is 0 Å². The summed E-state index contributed by atoms with van der Waals surface area (Å²) in [6.45, 7) is 4.97. The Morgan fingerprint density at radius 3 is 0.702 bits per heavy atom. The van der Waals surface area contributed by atoms with Gasteiger partial charge in [-0.2, -0.15) is 0 Å². The van der Waals surface area contributed by atoms with Crippen molar-refractivity contribution < 1.29 is 80.2 Å². The van der Waals surface area contributed by atoms with Crippen molar-refractivity contribution in [2.75, 3.05) is 39.6 Å². The van der Waals surface area contributed by atoms with Crippen molar-refractivity contribution >= 4 is 39.5 Å². The van der Waals surface area contributed by atoms with Crippen molar-refractivity contribution in [3.63, 3.8) is 0 Å². The Hall–Kier alpha value is -2.46. The van der Waals surface area contributed by atoms with E-state index in [1.165, 1.54) is 257 Å². The molecule has 3 N–H and O–H groups in total. The molecule has 17 nitrogen and oxygen atoms in total. The monoisotopic (exact) mass is 1520 g/mol. The first-order valence-electron chi connectivity index (χ1n) is 43.6. The molecule has 0 heterocycles. The van der Waals surface area contributed by atoms with Crippen molar-refractivity contribution in [1.82, 2.24) is 0 Å². The van der Waals surface area contributed by atoms with Crippen molar-refractivity contribution in [2.45, 2.75) is 457 Å². The molecule has 0 saturated heterocycles. The number of hydrogen-bond donors (Lipinski definition) is 3. The summed E-state index contributed by atoms with van der Waals surface area (Å²) in [6.07, 6.45) is 75.8. The number of ether oxygens (including phenoxy) is 4. The molecule has 0 aliphatic rings. The maximum absolute atomic E-state index is 13.1. The Balaban J connectivity index is 5.25. The Bertz CT molecular complexity index is 2060. The van der Waals surface area contributed by atoms with Crippen LogP contribution >= 0.6 is 15.6 Å². The van der Waals surface area contributed by atoms with E-state index in [0.29, 0.717) is 25.7 Å². The van der Waals surface area contributed by atoms with Crippen LogP contribution in [0.3, 0.4) is 0 Å². The first-order chi connectivity index (χ1) is 50.7. The highest BCUT2D eigenvalue weighted by atomic mass is 31.2. The van der Waals surface area contributed by atoms with Crippen molar-refractivity contribution in [3.8, 4) is 0 Å². The molecule has 0 aromatic heterocycles. The third kappa shape index (κ3) is 77.7. The van der Waals surface area contributed by atoms with Crippen molar-refractivity contribution in [3.05, 3.63) is 24.3 Å². The molecule has 0 rings (SSSR count). The van der Waals surface area contributed by atoms with Crippen LogP contribution in [0, 0.1) is 0 Å². The van der Waals surface area contributed by atoms with Gasteiger partial charge >= 0.3 is 39.5 Å². The number of hydrogen-bond acceptors (Lipinski definition) is 15. The number of unbranched alkanes of at least 4 members (excludes halogenated alkanes) is 55. The summed E-state index contributed by atoms with van der Waals surface area (Å²) < 4.78 is 68.8. The van der Waals surface area contributed by atoms with Crippen LogP contribution in [-0.2, 0) is 65.4 Å². The molecule has 104 heavy (non-hydrogen) atoms. The molecule has 5 atom stereocenters. The summed E-state index contributed by atoms with van der Waals surface area (Å²) in [7, 11) is -9.94. The van der Waals surface area contributed by atoms with Gasteiger partial charge in [-0.25, -0.2) is 9.13 Å². The largest absolute Gasteiger partial charge is 0.472 e. The van der Waals surface area contributed by atoms with E-state index >= 15 is 0 Å². The number of phosphoric acid groups is 2.